The summed E-state index contributed by atoms with van der Waals surface area (Å²) in [5.74, 6) is -1.01. The van der Waals surface area contributed by atoms with Gasteiger partial charge in [0.2, 0.25) is 0 Å². The van der Waals surface area contributed by atoms with E-state index in [4.69, 9.17) is 41.5 Å². The minimum Gasteiger partial charge on any atom is -0.480 e. The Kier molecular flexibility index (Phi) is 10.2. The lowest BCUT2D eigenvalue weighted by Crippen LogP contribution is -2.46. The average molecular weight is 337 g/mol. The van der Waals surface area contributed by atoms with E-state index >= 15 is 0 Å². The maximum atomic E-state index is 10.3. The summed E-state index contributed by atoms with van der Waals surface area (Å²) >= 11 is 0. The molecule has 10 N–H and O–H groups in total. The van der Waals surface area contributed by atoms with Gasteiger partial charge in [-0.3, -0.25) is 4.79 Å². The van der Waals surface area contributed by atoms with Gasteiger partial charge in [-0.05, 0) is 0 Å². The van der Waals surface area contributed by atoms with Gasteiger partial charge in [-0.1, -0.05) is 0 Å². The van der Waals surface area contributed by atoms with E-state index in [2.05, 4.69) is 9.97 Å². The molecule has 1 aromatic heterocycles. The number of hydrogen-bond acceptors (Lipinski definition) is 9. The molecule has 0 saturated heterocycles. The zero-order valence-corrected chi connectivity index (χ0v) is 12.2. The maximum Gasteiger partial charge on any atom is 0.320 e. The Labute approximate surface area is 131 Å². The molecule has 0 spiro atoms. The van der Waals surface area contributed by atoms with Crippen molar-refractivity contribution in [3.8, 4) is 0 Å². The van der Waals surface area contributed by atoms with Crippen molar-refractivity contribution >= 4 is 5.97 Å². The van der Waals surface area contributed by atoms with Crippen molar-refractivity contribution < 1.29 is 40.5 Å². The first kappa shape index (κ1) is 21.4. The number of aliphatic hydroxyl groups is 6. The second-order valence-electron chi connectivity index (χ2n) is 4.69. The second kappa shape index (κ2) is 11.0. The molecule has 0 aromatic carbocycles. The Morgan fingerprint density at radius 3 is 1.91 bits per heavy atom. The Hall–Kier alpha value is -1.60. The minimum absolute atomic E-state index is 0.263. The molecule has 5 atom stereocenters. The highest BCUT2D eigenvalue weighted by atomic mass is 16.4. The van der Waals surface area contributed by atoms with E-state index in [1.54, 1.807) is 6.20 Å². The first-order valence-corrected chi connectivity index (χ1v) is 6.64. The SMILES string of the molecule is NC(Cc1c[nH]cn1)C(=O)O.OCC(O)C(O)C(O)C(O)CO. The molecule has 1 aromatic rings. The van der Waals surface area contributed by atoms with Crippen LogP contribution in [0.25, 0.3) is 0 Å². The van der Waals surface area contributed by atoms with E-state index in [-0.39, 0.29) is 6.42 Å². The number of carboxylic acid groups (broad SMARTS) is 1. The quantitative estimate of drug-likeness (QED) is 0.223. The predicted octanol–water partition coefficient (Wildman–Crippen LogP) is -4.22. The number of rotatable bonds is 8. The standard InChI is InChI=1S/C6H9N3O2.C6H14O6/c7-5(6(10)11)1-4-2-8-3-9-4;7-1-3(9)5(11)6(12)4(10)2-8/h2-3,5H,1,7H2,(H,8,9)(H,10,11);3-12H,1-2H2. The van der Waals surface area contributed by atoms with Crippen LogP contribution in [0.2, 0.25) is 0 Å². The predicted molar refractivity (Wildman–Crippen MR) is 76.1 cm³/mol. The molecule has 11 heteroatoms. The zero-order valence-electron chi connectivity index (χ0n) is 12.2. The second-order valence-corrected chi connectivity index (χ2v) is 4.69. The van der Waals surface area contributed by atoms with Crippen LogP contribution in [0.4, 0.5) is 0 Å². The van der Waals surface area contributed by atoms with Gasteiger partial charge >= 0.3 is 5.97 Å². The molecule has 1 heterocycles. The van der Waals surface area contributed by atoms with E-state index in [9.17, 15) is 4.79 Å². The van der Waals surface area contributed by atoms with Gasteiger partial charge in [0.15, 0.2) is 0 Å². The summed E-state index contributed by atoms with van der Waals surface area (Å²) in [5, 5.41) is 60.6. The summed E-state index contributed by atoms with van der Waals surface area (Å²) in [5.41, 5.74) is 5.92. The molecular formula is C12H23N3O8. The number of aliphatic hydroxyl groups excluding tert-OH is 6. The molecular weight excluding hydrogens is 314 g/mol. The summed E-state index contributed by atoms with van der Waals surface area (Å²) in [4.78, 5) is 16.8. The third kappa shape index (κ3) is 7.99. The van der Waals surface area contributed by atoms with Crippen LogP contribution in [-0.4, -0.2) is 95.4 Å². The number of nitrogens with two attached hydrogens (primary N) is 1. The van der Waals surface area contributed by atoms with Crippen LogP contribution in [0.1, 0.15) is 5.69 Å². The van der Waals surface area contributed by atoms with Gasteiger partial charge in [-0.15, -0.1) is 0 Å². The van der Waals surface area contributed by atoms with Crippen molar-refractivity contribution in [3.05, 3.63) is 18.2 Å². The first-order chi connectivity index (χ1) is 10.7. The van der Waals surface area contributed by atoms with Gasteiger partial charge in [-0.25, -0.2) is 4.98 Å². The normalized spacial score (nSPS) is 17.3. The first-order valence-electron chi connectivity index (χ1n) is 6.64. The lowest BCUT2D eigenvalue weighted by Gasteiger charge is -2.24. The number of nitrogens with zero attached hydrogens (tertiary/aromatic N) is 1. The van der Waals surface area contributed by atoms with Crippen molar-refractivity contribution in [3.63, 3.8) is 0 Å². The van der Waals surface area contributed by atoms with Gasteiger partial charge < -0.3 is 46.5 Å². The monoisotopic (exact) mass is 337 g/mol. The van der Waals surface area contributed by atoms with Gasteiger partial charge in [0.25, 0.3) is 0 Å². The molecule has 0 aliphatic heterocycles. The molecule has 5 unspecified atom stereocenters. The van der Waals surface area contributed by atoms with Crippen LogP contribution >= 0.6 is 0 Å². The van der Waals surface area contributed by atoms with Crippen molar-refractivity contribution in [2.45, 2.75) is 36.9 Å². The fraction of sp³-hybridized carbons (Fsp3) is 0.667. The largest absolute Gasteiger partial charge is 0.480 e. The fourth-order valence-corrected chi connectivity index (χ4v) is 1.39. The number of aromatic nitrogens is 2. The third-order valence-electron chi connectivity index (χ3n) is 2.81. The highest BCUT2D eigenvalue weighted by Crippen LogP contribution is 2.04. The molecule has 0 saturated carbocycles. The molecule has 0 fully saturated rings. The van der Waals surface area contributed by atoms with Gasteiger partial charge in [-0.2, -0.15) is 0 Å². The molecule has 0 aliphatic carbocycles. The van der Waals surface area contributed by atoms with Gasteiger partial charge in [0, 0.05) is 12.6 Å². The average Bonchev–Trinajstić information content (AvgIpc) is 3.05. The number of H-pyrrole nitrogens is 1. The summed E-state index contributed by atoms with van der Waals surface area (Å²) in [6.45, 7) is -1.45. The number of carbonyl (C=O) groups is 1. The van der Waals surface area contributed by atoms with Crippen molar-refractivity contribution in [1.29, 1.82) is 0 Å². The topological polar surface area (TPSA) is 213 Å². The van der Waals surface area contributed by atoms with E-state index < -0.39 is 49.6 Å². The van der Waals surface area contributed by atoms with Crippen molar-refractivity contribution in [1.82, 2.24) is 9.97 Å². The van der Waals surface area contributed by atoms with Crippen LogP contribution in [0.15, 0.2) is 12.5 Å². The van der Waals surface area contributed by atoms with Crippen LogP contribution in [0, 0.1) is 0 Å². The van der Waals surface area contributed by atoms with Crippen LogP contribution in [-0.2, 0) is 11.2 Å². The Morgan fingerprint density at radius 1 is 1.13 bits per heavy atom. The smallest absolute Gasteiger partial charge is 0.320 e. The van der Waals surface area contributed by atoms with Crippen LogP contribution < -0.4 is 5.73 Å². The highest BCUT2D eigenvalue weighted by Gasteiger charge is 2.29. The molecule has 134 valence electrons. The van der Waals surface area contributed by atoms with Crippen LogP contribution in [0.5, 0.6) is 0 Å². The summed E-state index contributed by atoms with van der Waals surface area (Å²) in [6.07, 6.45) is -3.01. The van der Waals surface area contributed by atoms with E-state index in [1.165, 1.54) is 6.33 Å². The van der Waals surface area contributed by atoms with E-state index in [0.717, 1.165) is 0 Å². The summed E-state index contributed by atoms with van der Waals surface area (Å²) in [6, 6.07) is -0.863. The molecule has 0 bridgehead atoms. The molecule has 1 rings (SSSR count). The third-order valence-corrected chi connectivity index (χ3v) is 2.81. The molecule has 11 nitrogen and oxygen atoms in total. The van der Waals surface area contributed by atoms with Gasteiger partial charge in [0.05, 0.1) is 25.2 Å². The molecule has 0 aliphatic rings. The van der Waals surface area contributed by atoms with E-state index in [1.807, 2.05) is 0 Å². The number of carboxylic acids is 1. The Balaban J connectivity index is 0.000000422. The molecule has 0 amide bonds. The zero-order chi connectivity index (χ0) is 18.0. The summed E-state index contributed by atoms with van der Waals surface area (Å²) < 4.78 is 0. The highest BCUT2D eigenvalue weighted by molar-refractivity contribution is 5.73. The Bertz CT molecular complexity index is 416. The Morgan fingerprint density at radius 2 is 1.61 bits per heavy atom. The molecule has 23 heavy (non-hydrogen) atoms. The minimum atomic E-state index is -1.67. The van der Waals surface area contributed by atoms with E-state index in [0.29, 0.717) is 5.69 Å². The number of aliphatic carboxylic acids is 1. The summed E-state index contributed by atoms with van der Waals surface area (Å²) in [7, 11) is 0. The van der Waals surface area contributed by atoms with Crippen LogP contribution in [0.3, 0.4) is 0 Å². The van der Waals surface area contributed by atoms with Crippen molar-refractivity contribution in [2.75, 3.05) is 13.2 Å². The number of aromatic amines is 1. The maximum absolute atomic E-state index is 10.3. The molecule has 0 radical (unpaired) electrons. The fourth-order valence-electron chi connectivity index (χ4n) is 1.39. The number of hydrogen-bond donors (Lipinski definition) is 9. The number of nitrogens with one attached hydrogen (secondary N) is 1. The van der Waals surface area contributed by atoms with Crippen molar-refractivity contribution in [2.24, 2.45) is 5.73 Å². The lowest BCUT2D eigenvalue weighted by atomic mass is 10.0. The number of imidazole rings is 1. The lowest BCUT2D eigenvalue weighted by molar-refractivity contribution is -0.138. The van der Waals surface area contributed by atoms with Gasteiger partial charge in [0.1, 0.15) is 30.5 Å².